The van der Waals surface area contributed by atoms with Crippen LogP contribution < -0.4 is 25.0 Å². The van der Waals surface area contributed by atoms with Crippen molar-refractivity contribution in [1.29, 1.82) is 0 Å². The van der Waals surface area contributed by atoms with Gasteiger partial charge in [0.2, 0.25) is 0 Å². The molecule has 1 atom stereocenters. The standard InChI is InChI=1S/C23H31N7O4/c1-23(2,3)34-22(31)26-15-7-6-10-29(12-15)16-11-17(20-24-14-25-30(20)13-16)27-19-9-8-18(32-4)21(28-19)33-5/h8-9,11,13-15H,6-7,10,12H2,1-5H3,(H,26,31)(H,27,28). The first-order chi connectivity index (χ1) is 16.3. The molecule has 0 aliphatic carbocycles. The zero-order valence-electron chi connectivity index (χ0n) is 20.2. The average Bonchev–Trinajstić information content (AvgIpc) is 3.27. The Morgan fingerprint density at radius 1 is 1.21 bits per heavy atom. The Labute approximate surface area is 198 Å². The lowest BCUT2D eigenvalue weighted by Crippen LogP contribution is -2.49. The van der Waals surface area contributed by atoms with Crippen molar-refractivity contribution in [2.45, 2.75) is 45.3 Å². The number of hydrogen-bond donors (Lipinski definition) is 2. The van der Waals surface area contributed by atoms with E-state index in [1.807, 2.05) is 39.1 Å². The summed E-state index contributed by atoms with van der Waals surface area (Å²) in [5.74, 6) is 1.52. The molecule has 0 bridgehead atoms. The van der Waals surface area contributed by atoms with Crippen molar-refractivity contribution in [3.05, 3.63) is 30.7 Å². The number of methoxy groups -OCH3 is 2. The van der Waals surface area contributed by atoms with Crippen molar-refractivity contribution in [2.24, 2.45) is 0 Å². The van der Waals surface area contributed by atoms with Crippen molar-refractivity contribution in [1.82, 2.24) is 24.9 Å². The second-order valence-corrected chi connectivity index (χ2v) is 9.10. The average molecular weight is 470 g/mol. The number of piperidine rings is 1. The summed E-state index contributed by atoms with van der Waals surface area (Å²) in [6.45, 7) is 7.09. The van der Waals surface area contributed by atoms with Crippen molar-refractivity contribution >= 4 is 28.9 Å². The first-order valence-corrected chi connectivity index (χ1v) is 11.2. The van der Waals surface area contributed by atoms with Crippen LogP contribution in [0.25, 0.3) is 5.65 Å². The number of fused-ring (bicyclic) bond motifs is 1. The third kappa shape index (κ3) is 5.41. The van der Waals surface area contributed by atoms with E-state index in [0.29, 0.717) is 29.6 Å². The lowest BCUT2D eigenvalue weighted by molar-refractivity contribution is 0.0500. The quantitative estimate of drug-likeness (QED) is 0.560. The lowest BCUT2D eigenvalue weighted by Gasteiger charge is -2.35. The maximum absolute atomic E-state index is 12.3. The zero-order valence-corrected chi connectivity index (χ0v) is 20.2. The fourth-order valence-electron chi connectivity index (χ4n) is 3.92. The molecular formula is C23H31N7O4. The maximum atomic E-state index is 12.3. The predicted molar refractivity (Wildman–Crippen MR) is 128 cm³/mol. The predicted octanol–water partition coefficient (Wildman–Crippen LogP) is 3.38. The number of alkyl carbamates (subject to hydrolysis) is 1. The summed E-state index contributed by atoms with van der Waals surface area (Å²) < 4.78 is 17.7. The van der Waals surface area contributed by atoms with Gasteiger partial charge in [-0.2, -0.15) is 10.1 Å². The molecule has 0 spiro atoms. The van der Waals surface area contributed by atoms with Gasteiger partial charge in [0.15, 0.2) is 11.4 Å². The minimum atomic E-state index is -0.532. The second kappa shape index (κ2) is 9.62. The summed E-state index contributed by atoms with van der Waals surface area (Å²) in [5.41, 5.74) is 1.84. The van der Waals surface area contributed by atoms with E-state index in [0.717, 1.165) is 30.8 Å². The molecule has 34 heavy (non-hydrogen) atoms. The Morgan fingerprint density at radius 2 is 2.03 bits per heavy atom. The first kappa shape index (κ1) is 23.4. The molecule has 4 rings (SSSR count). The molecule has 3 aromatic rings. The SMILES string of the molecule is COc1ccc(Nc2cc(N3CCCC(NC(=O)OC(C)(C)C)C3)cn3ncnc23)nc1OC. The lowest BCUT2D eigenvalue weighted by atomic mass is 10.1. The van der Waals surface area contributed by atoms with E-state index in [1.54, 1.807) is 24.8 Å². The van der Waals surface area contributed by atoms with Gasteiger partial charge >= 0.3 is 6.09 Å². The highest BCUT2D eigenvalue weighted by Gasteiger charge is 2.25. The molecule has 182 valence electrons. The molecule has 1 saturated heterocycles. The summed E-state index contributed by atoms with van der Waals surface area (Å²) >= 11 is 0. The number of hydrogen-bond acceptors (Lipinski definition) is 9. The number of nitrogens with one attached hydrogen (secondary N) is 2. The van der Waals surface area contributed by atoms with Crippen molar-refractivity contribution in [3.8, 4) is 11.6 Å². The van der Waals surface area contributed by atoms with E-state index >= 15 is 0 Å². The van der Waals surface area contributed by atoms with Gasteiger partial charge in [-0.3, -0.25) is 0 Å². The molecule has 0 aromatic carbocycles. The molecule has 0 radical (unpaired) electrons. The Bertz CT molecular complexity index is 1160. The summed E-state index contributed by atoms with van der Waals surface area (Å²) in [4.78, 5) is 23.3. The van der Waals surface area contributed by atoms with Crippen molar-refractivity contribution in [2.75, 3.05) is 37.5 Å². The Kier molecular flexibility index (Phi) is 6.62. The zero-order chi connectivity index (χ0) is 24.3. The third-order valence-corrected chi connectivity index (χ3v) is 5.37. The third-order valence-electron chi connectivity index (χ3n) is 5.37. The molecule has 0 saturated carbocycles. The van der Waals surface area contributed by atoms with Crippen LogP contribution in [0.2, 0.25) is 0 Å². The van der Waals surface area contributed by atoms with E-state index < -0.39 is 11.7 Å². The van der Waals surface area contributed by atoms with Gasteiger partial charge in [0.05, 0.1) is 31.8 Å². The van der Waals surface area contributed by atoms with E-state index in [-0.39, 0.29) is 6.04 Å². The van der Waals surface area contributed by atoms with E-state index in [9.17, 15) is 4.79 Å². The minimum Gasteiger partial charge on any atom is -0.491 e. The Morgan fingerprint density at radius 3 is 2.76 bits per heavy atom. The molecule has 1 amide bonds. The van der Waals surface area contributed by atoms with Crippen LogP contribution in [0.15, 0.2) is 30.7 Å². The van der Waals surface area contributed by atoms with Crippen LogP contribution in [0.5, 0.6) is 11.6 Å². The minimum absolute atomic E-state index is 0.0148. The monoisotopic (exact) mass is 469 g/mol. The van der Waals surface area contributed by atoms with Crippen molar-refractivity contribution in [3.63, 3.8) is 0 Å². The molecule has 1 fully saturated rings. The first-order valence-electron chi connectivity index (χ1n) is 11.2. The van der Waals surface area contributed by atoms with Gasteiger partial charge in [0.25, 0.3) is 5.88 Å². The van der Waals surface area contributed by atoms with Crippen LogP contribution in [-0.4, -0.2) is 64.6 Å². The summed E-state index contributed by atoms with van der Waals surface area (Å²) in [6, 6.07) is 5.59. The molecule has 3 aromatic heterocycles. The number of ether oxygens (including phenoxy) is 3. The van der Waals surface area contributed by atoms with E-state index in [4.69, 9.17) is 14.2 Å². The summed E-state index contributed by atoms with van der Waals surface area (Å²) in [6.07, 6.45) is 4.88. The number of carbonyl (C=O) groups excluding carboxylic acids is 1. The van der Waals surface area contributed by atoms with Crippen LogP contribution in [0.1, 0.15) is 33.6 Å². The van der Waals surface area contributed by atoms with E-state index in [2.05, 4.69) is 30.6 Å². The number of nitrogens with zero attached hydrogens (tertiary/aromatic N) is 5. The van der Waals surface area contributed by atoms with Crippen LogP contribution in [0.3, 0.4) is 0 Å². The summed E-state index contributed by atoms with van der Waals surface area (Å²) in [7, 11) is 3.11. The normalized spacial score (nSPS) is 16.3. The molecule has 2 N–H and O–H groups in total. The fourth-order valence-corrected chi connectivity index (χ4v) is 3.92. The van der Waals surface area contributed by atoms with Gasteiger partial charge in [-0.05, 0) is 51.8 Å². The number of anilines is 3. The van der Waals surface area contributed by atoms with E-state index in [1.165, 1.54) is 6.33 Å². The molecule has 11 nitrogen and oxygen atoms in total. The van der Waals surface area contributed by atoms with Crippen molar-refractivity contribution < 1.29 is 19.0 Å². The number of aromatic nitrogens is 4. The summed E-state index contributed by atoms with van der Waals surface area (Å²) in [5, 5.41) is 10.6. The molecule has 11 heteroatoms. The molecule has 4 heterocycles. The van der Waals surface area contributed by atoms with Gasteiger partial charge < -0.3 is 29.7 Å². The van der Waals surface area contributed by atoms with Gasteiger partial charge in [0, 0.05) is 19.1 Å². The van der Waals surface area contributed by atoms with Crippen LogP contribution in [-0.2, 0) is 4.74 Å². The second-order valence-electron chi connectivity index (χ2n) is 9.10. The number of rotatable bonds is 6. The van der Waals surface area contributed by atoms with Gasteiger partial charge in [-0.15, -0.1) is 0 Å². The van der Waals surface area contributed by atoms with Gasteiger partial charge in [-0.1, -0.05) is 0 Å². The fraction of sp³-hybridized carbons (Fsp3) is 0.478. The molecule has 1 aliphatic heterocycles. The maximum Gasteiger partial charge on any atom is 0.407 e. The van der Waals surface area contributed by atoms with Crippen LogP contribution in [0.4, 0.5) is 22.0 Å². The highest BCUT2D eigenvalue weighted by Crippen LogP contribution is 2.30. The number of carbonyl (C=O) groups is 1. The smallest absolute Gasteiger partial charge is 0.407 e. The Balaban J connectivity index is 1.55. The van der Waals surface area contributed by atoms with Gasteiger partial charge in [-0.25, -0.2) is 14.3 Å². The highest BCUT2D eigenvalue weighted by atomic mass is 16.6. The largest absolute Gasteiger partial charge is 0.491 e. The molecule has 1 unspecified atom stereocenters. The van der Waals surface area contributed by atoms with Crippen LogP contribution in [0, 0.1) is 0 Å². The topological polar surface area (TPSA) is 115 Å². The molecule has 1 aliphatic rings. The number of pyridine rings is 2. The Hall–Kier alpha value is -3.76. The van der Waals surface area contributed by atoms with Crippen LogP contribution >= 0.6 is 0 Å². The molecular weight excluding hydrogens is 438 g/mol. The number of amides is 1. The van der Waals surface area contributed by atoms with Gasteiger partial charge in [0.1, 0.15) is 17.7 Å². The highest BCUT2D eigenvalue weighted by molar-refractivity contribution is 5.76.